The van der Waals surface area contributed by atoms with Gasteiger partial charge in [-0.2, -0.15) is 0 Å². The highest BCUT2D eigenvalue weighted by molar-refractivity contribution is 5.46. The minimum absolute atomic E-state index is 0.0410. The Bertz CT molecular complexity index is 420. The first-order valence-electron chi connectivity index (χ1n) is 6.31. The zero-order valence-electron chi connectivity index (χ0n) is 11.2. The van der Waals surface area contributed by atoms with Gasteiger partial charge in [0, 0.05) is 0 Å². The Morgan fingerprint density at radius 3 is 2.72 bits per heavy atom. The molecule has 4 heteroatoms. The topological polar surface area (TPSA) is 50.7 Å². The molecule has 0 aliphatic carbocycles. The molecule has 1 atom stereocenters. The Kier molecular flexibility index (Phi) is 3.78. The summed E-state index contributed by atoms with van der Waals surface area (Å²) >= 11 is 0. The molecule has 2 N–H and O–H groups in total. The predicted octanol–water partition coefficient (Wildman–Crippen LogP) is 1.87. The lowest BCUT2D eigenvalue weighted by atomic mass is 9.92. The first kappa shape index (κ1) is 13.2. The third kappa shape index (κ3) is 2.60. The van der Waals surface area contributed by atoms with Gasteiger partial charge < -0.3 is 19.9 Å². The maximum atomic E-state index is 9.67. The highest BCUT2D eigenvalue weighted by Gasteiger charge is 2.27. The fourth-order valence-corrected chi connectivity index (χ4v) is 1.92. The van der Waals surface area contributed by atoms with Gasteiger partial charge in [-0.25, -0.2) is 0 Å². The predicted molar refractivity (Wildman–Crippen MR) is 69.8 cm³/mol. The van der Waals surface area contributed by atoms with Crippen LogP contribution < -0.4 is 14.8 Å². The minimum atomic E-state index is -0.453. The van der Waals surface area contributed by atoms with Gasteiger partial charge in [0.1, 0.15) is 0 Å². The molecule has 1 aromatic carbocycles. The van der Waals surface area contributed by atoms with Crippen molar-refractivity contribution < 1.29 is 14.6 Å². The van der Waals surface area contributed by atoms with Crippen molar-refractivity contribution in [2.24, 2.45) is 5.92 Å². The second kappa shape index (κ2) is 5.16. The van der Waals surface area contributed by atoms with Crippen molar-refractivity contribution in [2.45, 2.75) is 26.3 Å². The number of fused-ring (bicyclic) bond motifs is 1. The third-order valence-corrected chi connectivity index (χ3v) is 3.23. The van der Waals surface area contributed by atoms with E-state index in [2.05, 4.69) is 19.2 Å². The summed E-state index contributed by atoms with van der Waals surface area (Å²) in [4.78, 5) is 0. The lowest BCUT2D eigenvalue weighted by molar-refractivity contribution is 0.169. The number of hydrogen-bond acceptors (Lipinski definition) is 4. The van der Waals surface area contributed by atoms with E-state index in [0.29, 0.717) is 5.92 Å². The van der Waals surface area contributed by atoms with Crippen LogP contribution in [0.5, 0.6) is 11.5 Å². The van der Waals surface area contributed by atoms with Gasteiger partial charge >= 0.3 is 0 Å². The molecule has 0 amide bonds. The van der Waals surface area contributed by atoms with Crippen LogP contribution in [0.2, 0.25) is 0 Å². The summed E-state index contributed by atoms with van der Waals surface area (Å²) < 4.78 is 10.7. The zero-order valence-corrected chi connectivity index (χ0v) is 11.2. The molecule has 1 aromatic rings. The van der Waals surface area contributed by atoms with Crippen molar-refractivity contribution in [1.82, 2.24) is 5.32 Å². The Hall–Kier alpha value is -1.26. The first-order valence-corrected chi connectivity index (χ1v) is 6.31. The zero-order chi connectivity index (χ0) is 13.2. The molecule has 18 heavy (non-hydrogen) atoms. The van der Waals surface area contributed by atoms with Crippen molar-refractivity contribution in [1.29, 1.82) is 0 Å². The van der Waals surface area contributed by atoms with E-state index in [4.69, 9.17) is 9.47 Å². The number of rotatable bonds is 5. The van der Waals surface area contributed by atoms with Gasteiger partial charge in [-0.1, -0.05) is 19.9 Å². The molecule has 100 valence electrons. The Morgan fingerprint density at radius 1 is 1.33 bits per heavy atom. The smallest absolute Gasteiger partial charge is 0.231 e. The third-order valence-electron chi connectivity index (χ3n) is 3.23. The number of nitrogens with one attached hydrogen (secondary N) is 1. The number of hydrogen-bond donors (Lipinski definition) is 2. The van der Waals surface area contributed by atoms with E-state index < -0.39 is 5.54 Å². The van der Waals surface area contributed by atoms with Crippen molar-refractivity contribution in [2.75, 3.05) is 19.9 Å². The van der Waals surface area contributed by atoms with Gasteiger partial charge in [0.05, 0.1) is 12.1 Å². The van der Waals surface area contributed by atoms with E-state index in [0.717, 1.165) is 23.6 Å². The van der Waals surface area contributed by atoms with Crippen LogP contribution in [0.15, 0.2) is 18.2 Å². The molecule has 1 heterocycles. The number of ether oxygens (including phenoxy) is 2. The van der Waals surface area contributed by atoms with Crippen LogP contribution in [0, 0.1) is 5.92 Å². The van der Waals surface area contributed by atoms with Crippen LogP contribution in [-0.2, 0) is 5.54 Å². The molecule has 1 aliphatic heterocycles. The first-order chi connectivity index (χ1) is 8.55. The summed E-state index contributed by atoms with van der Waals surface area (Å²) in [5.41, 5.74) is 0.556. The summed E-state index contributed by atoms with van der Waals surface area (Å²) in [7, 11) is 0. The highest BCUT2D eigenvalue weighted by atomic mass is 16.7. The van der Waals surface area contributed by atoms with Crippen LogP contribution >= 0.6 is 0 Å². The van der Waals surface area contributed by atoms with Gasteiger partial charge in [0.2, 0.25) is 6.79 Å². The standard InChI is InChI=1S/C14H21NO3/c1-10(2)7-15-14(3,8-16)11-4-5-12-13(6-11)18-9-17-12/h4-6,10,15-16H,7-9H2,1-3H3. The van der Waals surface area contributed by atoms with E-state index in [1.165, 1.54) is 0 Å². The summed E-state index contributed by atoms with van der Waals surface area (Å²) in [6.07, 6.45) is 0. The molecular weight excluding hydrogens is 230 g/mol. The number of aliphatic hydroxyl groups excluding tert-OH is 1. The SMILES string of the molecule is CC(C)CNC(C)(CO)c1ccc2c(c1)OCO2. The average Bonchev–Trinajstić information content (AvgIpc) is 2.83. The molecule has 2 rings (SSSR count). The molecule has 0 bridgehead atoms. The summed E-state index contributed by atoms with van der Waals surface area (Å²) in [5.74, 6) is 2.05. The minimum Gasteiger partial charge on any atom is -0.454 e. The van der Waals surface area contributed by atoms with Crippen molar-refractivity contribution in [3.63, 3.8) is 0 Å². The van der Waals surface area contributed by atoms with Crippen LogP contribution in [0.4, 0.5) is 0 Å². The monoisotopic (exact) mass is 251 g/mol. The fourth-order valence-electron chi connectivity index (χ4n) is 1.92. The molecule has 0 aromatic heterocycles. The molecule has 0 radical (unpaired) electrons. The van der Waals surface area contributed by atoms with Crippen LogP contribution in [0.3, 0.4) is 0 Å². The molecule has 0 fully saturated rings. The number of benzene rings is 1. The van der Waals surface area contributed by atoms with E-state index in [-0.39, 0.29) is 13.4 Å². The van der Waals surface area contributed by atoms with Crippen molar-refractivity contribution in [3.8, 4) is 11.5 Å². The van der Waals surface area contributed by atoms with Crippen molar-refractivity contribution in [3.05, 3.63) is 23.8 Å². The quantitative estimate of drug-likeness (QED) is 0.839. The second-order valence-corrected chi connectivity index (χ2v) is 5.33. The Balaban J connectivity index is 2.21. The Labute approximate surface area is 108 Å². The van der Waals surface area contributed by atoms with Gasteiger partial charge in [-0.05, 0) is 37.1 Å². The molecular formula is C14H21NO3. The molecule has 0 saturated carbocycles. The molecule has 1 aliphatic rings. The van der Waals surface area contributed by atoms with Crippen LogP contribution in [-0.4, -0.2) is 25.1 Å². The van der Waals surface area contributed by atoms with E-state index in [1.54, 1.807) is 0 Å². The number of aliphatic hydroxyl groups is 1. The van der Waals surface area contributed by atoms with Gasteiger partial charge in [0.15, 0.2) is 11.5 Å². The summed E-state index contributed by atoms with van der Waals surface area (Å²) in [5, 5.41) is 13.1. The van der Waals surface area contributed by atoms with Crippen LogP contribution in [0.25, 0.3) is 0 Å². The lowest BCUT2D eigenvalue weighted by Gasteiger charge is -2.30. The average molecular weight is 251 g/mol. The molecule has 0 saturated heterocycles. The molecule has 1 unspecified atom stereocenters. The van der Waals surface area contributed by atoms with Gasteiger partial charge in [-0.3, -0.25) is 0 Å². The normalized spacial score (nSPS) is 16.9. The largest absolute Gasteiger partial charge is 0.454 e. The fraction of sp³-hybridized carbons (Fsp3) is 0.571. The van der Waals surface area contributed by atoms with Gasteiger partial charge in [-0.15, -0.1) is 0 Å². The Morgan fingerprint density at radius 2 is 2.06 bits per heavy atom. The maximum absolute atomic E-state index is 9.67. The maximum Gasteiger partial charge on any atom is 0.231 e. The molecule has 0 spiro atoms. The summed E-state index contributed by atoms with van der Waals surface area (Å²) in [6, 6.07) is 5.80. The van der Waals surface area contributed by atoms with Gasteiger partial charge in [0.25, 0.3) is 0 Å². The highest BCUT2D eigenvalue weighted by Crippen LogP contribution is 2.35. The lowest BCUT2D eigenvalue weighted by Crippen LogP contribution is -2.44. The van der Waals surface area contributed by atoms with E-state index in [1.807, 2.05) is 25.1 Å². The summed E-state index contributed by atoms with van der Waals surface area (Å²) in [6.45, 7) is 7.45. The van der Waals surface area contributed by atoms with Crippen molar-refractivity contribution >= 4 is 0 Å². The molecule has 4 nitrogen and oxygen atoms in total. The second-order valence-electron chi connectivity index (χ2n) is 5.33. The van der Waals surface area contributed by atoms with E-state index >= 15 is 0 Å². The van der Waals surface area contributed by atoms with Crippen LogP contribution in [0.1, 0.15) is 26.3 Å². The van der Waals surface area contributed by atoms with E-state index in [9.17, 15) is 5.11 Å².